The number of likely N-dealkylation sites (N-methyl/N-ethyl adjacent to an activating group) is 1. The number of fused-ring (bicyclic) bond motifs is 5. The van der Waals surface area contributed by atoms with Crippen LogP contribution in [-0.4, -0.2) is 39.0 Å². The van der Waals surface area contributed by atoms with Gasteiger partial charge in [-0.15, -0.1) is 0 Å². The Bertz CT molecular complexity index is 1420. The van der Waals surface area contributed by atoms with Gasteiger partial charge in [0.05, 0.1) is 7.11 Å². The predicted octanol–water partition coefficient (Wildman–Crippen LogP) is 5.96. The molecule has 6 rings (SSSR count). The Hall–Kier alpha value is -3.30. The van der Waals surface area contributed by atoms with Gasteiger partial charge in [0.25, 0.3) is 0 Å². The van der Waals surface area contributed by atoms with Crippen LogP contribution in [0.5, 0.6) is 23.0 Å². The maximum Gasteiger partial charge on any atom is 0.231 e. The smallest absolute Gasteiger partial charge is 0.231 e. The van der Waals surface area contributed by atoms with Crippen molar-refractivity contribution in [3.05, 3.63) is 46.2 Å². The number of furan rings is 1. The fraction of sp³-hybridized carbons (Fsp3) is 0.484. The molecule has 1 atom stereocenters. The Kier molecular flexibility index (Phi) is 6.00. The Labute approximate surface area is 218 Å². The van der Waals surface area contributed by atoms with E-state index < -0.39 is 0 Å². The van der Waals surface area contributed by atoms with Gasteiger partial charge in [-0.05, 0) is 61.9 Å². The monoisotopic (exact) mass is 501 g/mol. The molecule has 3 heterocycles. The Morgan fingerprint density at radius 1 is 1.08 bits per heavy atom. The molecular weight excluding hydrogens is 466 g/mol. The summed E-state index contributed by atoms with van der Waals surface area (Å²) in [5.74, 6) is 11.0. The molecule has 0 fully saturated rings. The van der Waals surface area contributed by atoms with Gasteiger partial charge in [-0.3, -0.25) is 4.90 Å². The summed E-state index contributed by atoms with van der Waals surface area (Å²) < 4.78 is 29.8. The molecule has 37 heavy (non-hydrogen) atoms. The second-order valence-corrected chi connectivity index (χ2v) is 11.3. The third kappa shape index (κ3) is 4.20. The van der Waals surface area contributed by atoms with Crippen molar-refractivity contribution in [1.29, 1.82) is 0 Å². The highest BCUT2D eigenvalue weighted by Crippen LogP contribution is 2.49. The average molecular weight is 502 g/mol. The van der Waals surface area contributed by atoms with E-state index in [1.54, 1.807) is 7.11 Å². The molecule has 0 unspecified atom stereocenters. The number of benzene rings is 2. The summed E-state index contributed by atoms with van der Waals surface area (Å²) in [6.45, 7) is 8.06. The van der Waals surface area contributed by atoms with Gasteiger partial charge in [-0.25, -0.2) is 0 Å². The summed E-state index contributed by atoms with van der Waals surface area (Å²) in [7, 11) is 3.78. The maximum atomic E-state index is 6.37. The first-order chi connectivity index (χ1) is 17.8. The molecule has 1 aliphatic carbocycles. The maximum absolute atomic E-state index is 6.37. The lowest BCUT2D eigenvalue weighted by Gasteiger charge is -2.32. The molecule has 3 aromatic rings. The number of rotatable bonds is 3. The van der Waals surface area contributed by atoms with Crippen LogP contribution in [0.25, 0.3) is 11.0 Å². The van der Waals surface area contributed by atoms with Gasteiger partial charge in [-0.2, -0.15) is 0 Å². The van der Waals surface area contributed by atoms with E-state index in [1.165, 1.54) is 29.4 Å². The number of hydrogen-bond donors (Lipinski definition) is 0. The zero-order chi connectivity index (χ0) is 25.7. The van der Waals surface area contributed by atoms with Gasteiger partial charge in [0.1, 0.15) is 29.7 Å². The van der Waals surface area contributed by atoms with Gasteiger partial charge < -0.3 is 23.4 Å². The SMILES string of the molecule is COc1c2c(cc3c1[C@@H](C#CCOc1cc4c5c(oc4cc1C(C)(C)C)CCCC5)N(C)CC3)OCO2. The highest BCUT2D eigenvalue weighted by Gasteiger charge is 2.33. The number of ether oxygens (including phenoxy) is 4. The van der Waals surface area contributed by atoms with Crippen LogP contribution < -0.4 is 18.9 Å². The van der Waals surface area contributed by atoms with Crippen molar-refractivity contribution < 1.29 is 23.4 Å². The van der Waals surface area contributed by atoms with E-state index in [1.807, 2.05) is 0 Å². The predicted molar refractivity (Wildman–Crippen MR) is 143 cm³/mol. The van der Waals surface area contributed by atoms with E-state index in [-0.39, 0.29) is 18.2 Å². The van der Waals surface area contributed by atoms with Crippen molar-refractivity contribution in [2.45, 2.75) is 64.3 Å². The minimum atomic E-state index is -0.109. The highest BCUT2D eigenvalue weighted by molar-refractivity contribution is 5.85. The van der Waals surface area contributed by atoms with E-state index in [0.29, 0.717) is 12.4 Å². The summed E-state index contributed by atoms with van der Waals surface area (Å²) in [5.41, 5.74) is 5.65. The molecule has 0 spiro atoms. The van der Waals surface area contributed by atoms with Gasteiger partial charge in [0.15, 0.2) is 11.5 Å². The van der Waals surface area contributed by atoms with Crippen molar-refractivity contribution in [2.24, 2.45) is 0 Å². The highest BCUT2D eigenvalue weighted by atomic mass is 16.7. The van der Waals surface area contributed by atoms with E-state index in [9.17, 15) is 0 Å². The minimum absolute atomic E-state index is 0.0808. The summed E-state index contributed by atoms with van der Waals surface area (Å²) in [5, 5.41) is 1.19. The zero-order valence-corrected chi connectivity index (χ0v) is 22.5. The molecule has 6 heteroatoms. The average Bonchev–Trinajstić information content (AvgIpc) is 3.49. The van der Waals surface area contributed by atoms with Gasteiger partial charge >= 0.3 is 0 Å². The van der Waals surface area contributed by atoms with Crippen molar-refractivity contribution in [3.63, 3.8) is 0 Å². The molecule has 0 bridgehead atoms. The standard InChI is InChI=1S/C31H35NO5/c1-31(2,3)22-17-25-21(20-9-6-7-11-24(20)37-25)16-26(22)34-14-8-10-23-28-19(12-13-32(23)4)15-27-29(30(28)33-5)36-18-35-27/h15-17,23H,6-7,9,11-14,18H2,1-5H3/t23-/m1/s1. The third-order valence-electron chi connectivity index (χ3n) is 7.80. The summed E-state index contributed by atoms with van der Waals surface area (Å²) in [6.07, 6.45) is 5.42. The topological polar surface area (TPSA) is 53.3 Å². The van der Waals surface area contributed by atoms with Crippen LogP contribution in [0.1, 0.15) is 67.7 Å². The second-order valence-electron chi connectivity index (χ2n) is 11.3. The summed E-state index contributed by atoms with van der Waals surface area (Å²) in [4.78, 5) is 2.25. The normalized spacial score (nSPS) is 18.7. The number of hydrogen-bond acceptors (Lipinski definition) is 6. The van der Waals surface area contributed by atoms with Crippen molar-refractivity contribution in [2.75, 3.05) is 34.1 Å². The van der Waals surface area contributed by atoms with Crippen LogP contribution in [0.2, 0.25) is 0 Å². The van der Waals surface area contributed by atoms with Crippen molar-refractivity contribution >= 4 is 11.0 Å². The Balaban J connectivity index is 1.31. The van der Waals surface area contributed by atoms with Crippen LogP contribution in [-0.2, 0) is 24.7 Å². The molecule has 194 valence electrons. The van der Waals surface area contributed by atoms with E-state index >= 15 is 0 Å². The molecule has 3 aliphatic rings. The summed E-state index contributed by atoms with van der Waals surface area (Å²) >= 11 is 0. The van der Waals surface area contributed by atoms with Crippen LogP contribution in [0.3, 0.4) is 0 Å². The fourth-order valence-corrected chi connectivity index (χ4v) is 5.86. The van der Waals surface area contributed by atoms with Crippen LogP contribution in [0.4, 0.5) is 0 Å². The molecule has 2 aromatic carbocycles. The summed E-state index contributed by atoms with van der Waals surface area (Å²) in [6, 6.07) is 6.32. The zero-order valence-electron chi connectivity index (χ0n) is 22.5. The van der Waals surface area contributed by atoms with E-state index in [4.69, 9.17) is 23.4 Å². The largest absolute Gasteiger partial charge is 0.492 e. The Morgan fingerprint density at radius 2 is 1.92 bits per heavy atom. The lowest BCUT2D eigenvalue weighted by atomic mass is 9.85. The van der Waals surface area contributed by atoms with Crippen LogP contribution in [0.15, 0.2) is 22.6 Å². The second kappa shape index (κ2) is 9.22. The first-order valence-electron chi connectivity index (χ1n) is 13.2. The van der Waals surface area contributed by atoms with Crippen LogP contribution >= 0.6 is 0 Å². The first kappa shape index (κ1) is 24.1. The molecule has 6 nitrogen and oxygen atoms in total. The van der Waals surface area contributed by atoms with Gasteiger partial charge in [0.2, 0.25) is 12.5 Å². The molecule has 2 aliphatic heterocycles. The minimum Gasteiger partial charge on any atom is -0.492 e. The van der Waals surface area contributed by atoms with E-state index in [2.05, 4.69) is 62.8 Å². The number of aryl methyl sites for hydroxylation is 2. The van der Waals surface area contributed by atoms with Crippen LogP contribution in [0, 0.1) is 11.8 Å². The molecule has 0 radical (unpaired) electrons. The molecule has 0 N–H and O–H groups in total. The van der Waals surface area contributed by atoms with Crippen molar-refractivity contribution in [3.8, 4) is 34.8 Å². The van der Waals surface area contributed by atoms with Crippen molar-refractivity contribution in [1.82, 2.24) is 4.90 Å². The lowest BCUT2D eigenvalue weighted by molar-refractivity contribution is 0.171. The molecule has 0 amide bonds. The molecule has 1 aromatic heterocycles. The third-order valence-corrected chi connectivity index (χ3v) is 7.80. The number of methoxy groups -OCH3 is 1. The lowest BCUT2D eigenvalue weighted by Crippen LogP contribution is -2.31. The molecular formula is C31H35NO5. The van der Waals surface area contributed by atoms with E-state index in [0.717, 1.165) is 65.5 Å². The van der Waals surface area contributed by atoms with Gasteiger partial charge in [-0.1, -0.05) is 32.6 Å². The molecule has 0 saturated carbocycles. The van der Waals surface area contributed by atoms with Gasteiger partial charge in [0, 0.05) is 35.0 Å². The Morgan fingerprint density at radius 3 is 2.73 bits per heavy atom. The fourth-order valence-electron chi connectivity index (χ4n) is 5.86. The quantitative estimate of drug-likeness (QED) is 0.413. The number of nitrogens with zero attached hydrogens (tertiary/aromatic N) is 1. The molecule has 0 saturated heterocycles. The first-order valence-corrected chi connectivity index (χ1v) is 13.2.